The van der Waals surface area contributed by atoms with Crippen molar-refractivity contribution in [3.63, 3.8) is 0 Å². The molecule has 2 rings (SSSR count). The van der Waals surface area contributed by atoms with Gasteiger partial charge in [0.1, 0.15) is 0 Å². The van der Waals surface area contributed by atoms with Crippen LogP contribution in [0.25, 0.3) is 0 Å². The zero-order valence-electron chi connectivity index (χ0n) is 10.5. The molecule has 19 heavy (non-hydrogen) atoms. The predicted octanol–water partition coefficient (Wildman–Crippen LogP) is 2.63. The molecule has 1 aliphatic rings. The van der Waals surface area contributed by atoms with Gasteiger partial charge in [-0.3, -0.25) is 0 Å². The van der Waals surface area contributed by atoms with Crippen LogP contribution in [0.5, 0.6) is 0 Å². The van der Waals surface area contributed by atoms with Crippen LogP contribution in [0, 0.1) is 0 Å². The maximum absolute atomic E-state index is 12.4. The van der Waals surface area contributed by atoms with Crippen LogP contribution in [0.3, 0.4) is 0 Å². The molecule has 4 nitrogen and oxygen atoms in total. The minimum Gasteiger partial charge on any atom is -0.314 e. The molecule has 2 N–H and O–H groups in total. The number of benzene rings is 1. The maximum Gasteiger partial charge on any atom is 0.241 e. The summed E-state index contributed by atoms with van der Waals surface area (Å²) in [5.41, 5.74) is 0. The van der Waals surface area contributed by atoms with Gasteiger partial charge in [-0.2, -0.15) is 0 Å². The first kappa shape index (κ1) is 15.4. The van der Waals surface area contributed by atoms with Gasteiger partial charge in [0.15, 0.2) is 0 Å². The number of rotatable bonds is 3. The van der Waals surface area contributed by atoms with E-state index in [9.17, 15) is 8.42 Å². The minimum absolute atomic E-state index is 0.00729. The molecular formula is C12H16Br2N2O2S. The number of hydrogen-bond donors (Lipinski definition) is 2. The lowest BCUT2D eigenvalue weighted by Crippen LogP contribution is -2.46. The normalized spacial score (nSPS) is 24.4. The van der Waals surface area contributed by atoms with E-state index in [0.29, 0.717) is 10.5 Å². The Balaban J connectivity index is 2.20. The highest BCUT2D eigenvalue weighted by molar-refractivity contribution is 9.11. The Bertz CT molecular complexity index is 563. The van der Waals surface area contributed by atoms with Crippen molar-refractivity contribution in [3.8, 4) is 0 Å². The lowest BCUT2D eigenvalue weighted by atomic mass is 10.0. The summed E-state index contributed by atoms with van der Waals surface area (Å²) in [6.45, 7) is 2.91. The second-order valence-electron chi connectivity index (χ2n) is 4.77. The minimum atomic E-state index is -3.49. The molecule has 1 fully saturated rings. The summed E-state index contributed by atoms with van der Waals surface area (Å²) in [5.74, 6) is 0. The van der Waals surface area contributed by atoms with Crippen LogP contribution in [0.4, 0.5) is 0 Å². The molecule has 1 heterocycles. The fraction of sp³-hybridized carbons (Fsp3) is 0.500. The fourth-order valence-electron chi connectivity index (χ4n) is 2.20. The zero-order valence-corrected chi connectivity index (χ0v) is 14.5. The van der Waals surface area contributed by atoms with E-state index in [1.54, 1.807) is 18.2 Å². The smallest absolute Gasteiger partial charge is 0.241 e. The molecule has 0 bridgehead atoms. The monoisotopic (exact) mass is 410 g/mol. The van der Waals surface area contributed by atoms with Gasteiger partial charge in [-0.1, -0.05) is 15.9 Å². The standard InChI is InChI=1S/C12H16Br2N2O2S/c1-8-6-10(4-5-15-8)16-19(17,18)12-7-9(13)2-3-11(12)14/h2-3,7-8,10,15-16H,4-6H2,1H3. The Kier molecular flexibility index (Phi) is 5.05. The third kappa shape index (κ3) is 4.01. The third-order valence-electron chi connectivity index (χ3n) is 3.13. The Hall–Kier alpha value is 0.0500. The molecule has 0 spiro atoms. The van der Waals surface area contributed by atoms with Crippen molar-refractivity contribution in [3.05, 3.63) is 27.1 Å². The van der Waals surface area contributed by atoms with Crippen molar-refractivity contribution in [2.75, 3.05) is 6.54 Å². The average molecular weight is 412 g/mol. The highest BCUT2D eigenvalue weighted by atomic mass is 79.9. The molecule has 2 atom stereocenters. The molecule has 0 aliphatic carbocycles. The van der Waals surface area contributed by atoms with Crippen LogP contribution >= 0.6 is 31.9 Å². The Morgan fingerprint density at radius 2 is 2.11 bits per heavy atom. The van der Waals surface area contributed by atoms with Gasteiger partial charge in [0.25, 0.3) is 0 Å². The predicted molar refractivity (Wildman–Crippen MR) is 82.7 cm³/mol. The van der Waals surface area contributed by atoms with Gasteiger partial charge in [0, 0.05) is 21.0 Å². The molecule has 1 aromatic rings. The topological polar surface area (TPSA) is 58.2 Å². The Morgan fingerprint density at radius 1 is 1.37 bits per heavy atom. The highest BCUT2D eigenvalue weighted by Crippen LogP contribution is 2.26. The molecular weight excluding hydrogens is 396 g/mol. The van der Waals surface area contributed by atoms with Crippen molar-refractivity contribution in [1.29, 1.82) is 0 Å². The second kappa shape index (κ2) is 6.22. The van der Waals surface area contributed by atoms with Crippen LogP contribution in [-0.4, -0.2) is 27.0 Å². The number of sulfonamides is 1. The molecule has 0 amide bonds. The summed E-state index contributed by atoms with van der Waals surface area (Å²) in [5, 5.41) is 3.31. The van der Waals surface area contributed by atoms with Crippen LogP contribution in [0.15, 0.2) is 32.0 Å². The second-order valence-corrected chi connectivity index (χ2v) is 8.22. The van der Waals surface area contributed by atoms with Crippen LogP contribution in [-0.2, 0) is 10.0 Å². The first-order valence-corrected chi connectivity index (χ1v) is 9.16. The summed E-state index contributed by atoms with van der Waals surface area (Å²) in [6.07, 6.45) is 1.63. The van der Waals surface area contributed by atoms with E-state index in [1.165, 1.54) is 0 Å². The highest BCUT2D eigenvalue weighted by Gasteiger charge is 2.25. The number of halogens is 2. The third-order valence-corrected chi connectivity index (χ3v) is 6.14. The quantitative estimate of drug-likeness (QED) is 0.803. The molecule has 1 aliphatic heterocycles. The van der Waals surface area contributed by atoms with Gasteiger partial charge < -0.3 is 5.32 Å². The van der Waals surface area contributed by atoms with E-state index in [0.717, 1.165) is 23.9 Å². The van der Waals surface area contributed by atoms with E-state index in [1.807, 2.05) is 0 Å². The van der Waals surface area contributed by atoms with E-state index in [2.05, 4.69) is 48.8 Å². The molecule has 1 saturated heterocycles. The lowest BCUT2D eigenvalue weighted by Gasteiger charge is -2.28. The molecule has 0 radical (unpaired) electrons. The van der Waals surface area contributed by atoms with Gasteiger partial charge >= 0.3 is 0 Å². The summed E-state index contributed by atoms with van der Waals surface area (Å²) in [7, 11) is -3.49. The number of piperidine rings is 1. The van der Waals surface area contributed by atoms with Gasteiger partial charge in [-0.25, -0.2) is 13.1 Å². The number of hydrogen-bond acceptors (Lipinski definition) is 3. The Morgan fingerprint density at radius 3 is 2.79 bits per heavy atom. The summed E-state index contributed by atoms with van der Waals surface area (Å²) >= 11 is 6.59. The van der Waals surface area contributed by atoms with Crippen molar-refractivity contribution in [2.45, 2.75) is 36.7 Å². The molecule has 106 valence electrons. The Labute approximate surface area is 130 Å². The van der Waals surface area contributed by atoms with Crippen molar-refractivity contribution in [2.24, 2.45) is 0 Å². The van der Waals surface area contributed by atoms with Gasteiger partial charge in [0.05, 0.1) is 4.90 Å². The van der Waals surface area contributed by atoms with Crippen LogP contribution in [0.2, 0.25) is 0 Å². The molecule has 1 aromatic carbocycles. The van der Waals surface area contributed by atoms with Crippen molar-refractivity contribution in [1.82, 2.24) is 10.0 Å². The zero-order chi connectivity index (χ0) is 14.0. The van der Waals surface area contributed by atoms with Gasteiger partial charge in [-0.15, -0.1) is 0 Å². The lowest BCUT2D eigenvalue weighted by molar-refractivity contribution is 0.361. The average Bonchev–Trinajstić information content (AvgIpc) is 2.31. The largest absolute Gasteiger partial charge is 0.314 e. The number of nitrogens with one attached hydrogen (secondary N) is 2. The van der Waals surface area contributed by atoms with E-state index < -0.39 is 10.0 Å². The summed E-state index contributed by atoms with van der Waals surface area (Å²) in [4.78, 5) is 0.271. The van der Waals surface area contributed by atoms with E-state index in [-0.39, 0.29) is 10.9 Å². The molecule has 7 heteroatoms. The van der Waals surface area contributed by atoms with Crippen LogP contribution in [0.1, 0.15) is 19.8 Å². The van der Waals surface area contributed by atoms with Crippen molar-refractivity contribution >= 4 is 41.9 Å². The summed E-state index contributed by atoms with van der Waals surface area (Å²) < 4.78 is 28.9. The molecule has 0 saturated carbocycles. The van der Waals surface area contributed by atoms with Gasteiger partial charge in [-0.05, 0) is 60.4 Å². The maximum atomic E-state index is 12.4. The molecule has 2 unspecified atom stereocenters. The van der Waals surface area contributed by atoms with E-state index >= 15 is 0 Å². The fourth-order valence-corrected chi connectivity index (χ4v) is 4.99. The van der Waals surface area contributed by atoms with Crippen LogP contribution < -0.4 is 10.0 Å². The van der Waals surface area contributed by atoms with E-state index in [4.69, 9.17) is 0 Å². The first-order chi connectivity index (χ1) is 8.88. The SMILES string of the molecule is CC1CC(NS(=O)(=O)c2cc(Br)ccc2Br)CCN1. The van der Waals surface area contributed by atoms with Crippen molar-refractivity contribution < 1.29 is 8.42 Å². The van der Waals surface area contributed by atoms with Gasteiger partial charge in [0.2, 0.25) is 10.0 Å². The molecule has 0 aromatic heterocycles. The first-order valence-electron chi connectivity index (χ1n) is 6.09. The summed E-state index contributed by atoms with van der Waals surface area (Å²) in [6, 6.07) is 5.47.